The van der Waals surface area contributed by atoms with E-state index in [0.717, 1.165) is 21.5 Å². The molecular formula is C17H18N4OS. The van der Waals surface area contributed by atoms with Crippen molar-refractivity contribution in [3.8, 4) is 0 Å². The first-order valence-corrected chi connectivity index (χ1v) is 8.21. The Morgan fingerprint density at radius 3 is 2.65 bits per heavy atom. The summed E-state index contributed by atoms with van der Waals surface area (Å²) >= 11 is 1.64. The van der Waals surface area contributed by atoms with E-state index in [9.17, 15) is 4.79 Å². The van der Waals surface area contributed by atoms with Crippen LogP contribution in [0.5, 0.6) is 0 Å². The Morgan fingerprint density at radius 2 is 1.91 bits per heavy atom. The lowest BCUT2D eigenvalue weighted by Crippen LogP contribution is -2.32. The largest absolute Gasteiger partial charge is 0.358 e. The number of anilines is 2. The number of amides is 1. The van der Waals surface area contributed by atoms with Gasteiger partial charge in [0, 0.05) is 10.6 Å². The van der Waals surface area contributed by atoms with E-state index in [0.29, 0.717) is 5.82 Å². The number of thiophene rings is 1. The molecule has 2 aromatic heterocycles. The molecule has 3 aromatic rings. The number of hydrogen-bond donors (Lipinski definition) is 2. The number of carbonyl (C=O) groups excluding carboxylic acids is 1. The Balaban J connectivity index is 1.80. The van der Waals surface area contributed by atoms with Gasteiger partial charge >= 0.3 is 0 Å². The van der Waals surface area contributed by atoms with Gasteiger partial charge < -0.3 is 10.6 Å². The van der Waals surface area contributed by atoms with Crippen LogP contribution in [-0.4, -0.2) is 21.9 Å². The van der Waals surface area contributed by atoms with Crippen LogP contribution in [0.4, 0.5) is 11.5 Å². The number of rotatable bonds is 4. The molecule has 2 heterocycles. The number of fused-ring (bicyclic) bond motifs is 1. The number of carbonyl (C=O) groups is 1. The van der Waals surface area contributed by atoms with Crippen molar-refractivity contribution >= 4 is 39.0 Å². The highest BCUT2D eigenvalue weighted by atomic mass is 32.1. The second kappa shape index (κ2) is 6.34. The molecule has 0 saturated heterocycles. The van der Waals surface area contributed by atoms with E-state index in [1.807, 2.05) is 37.3 Å². The monoisotopic (exact) mass is 326 g/mol. The van der Waals surface area contributed by atoms with Crippen LogP contribution in [-0.2, 0) is 4.79 Å². The van der Waals surface area contributed by atoms with Crippen molar-refractivity contribution in [3.05, 3.63) is 47.1 Å². The van der Waals surface area contributed by atoms with Gasteiger partial charge in [-0.15, -0.1) is 11.3 Å². The van der Waals surface area contributed by atoms with Crippen molar-refractivity contribution in [3.63, 3.8) is 0 Å². The molecule has 0 aliphatic rings. The van der Waals surface area contributed by atoms with E-state index in [1.54, 1.807) is 11.3 Å². The summed E-state index contributed by atoms with van der Waals surface area (Å²) < 4.78 is 0. The summed E-state index contributed by atoms with van der Waals surface area (Å²) in [6.45, 7) is 5.94. The third-order valence-electron chi connectivity index (χ3n) is 3.75. The highest BCUT2D eigenvalue weighted by Crippen LogP contribution is 2.32. The zero-order chi connectivity index (χ0) is 16.4. The molecule has 0 fully saturated rings. The topological polar surface area (TPSA) is 66.9 Å². The van der Waals surface area contributed by atoms with E-state index in [2.05, 4.69) is 34.4 Å². The standard InChI is InChI=1S/C17H18N4OS/c1-10-12(3)23-17-14(10)15(18-9-19-17)20-11(2)16(22)21-13-7-5-4-6-8-13/h4-9,11H,1-3H3,(H,21,22)(H,18,19,20). The van der Waals surface area contributed by atoms with Gasteiger partial charge in [0.1, 0.15) is 23.0 Å². The molecule has 1 aromatic carbocycles. The number of benzene rings is 1. The third kappa shape index (κ3) is 3.17. The van der Waals surface area contributed by atoms with Crippen molar-refractivity contribution in [2.45, 2.75) is 26.8 Å². The zero-order valence-corrected chi connectivity index (χ0v) is 14.1. The van der Waals surface area contributed by atoms with Crippen LogP contribution in [0.1, 0.15) is 17.4 Å². The SMILES string of the molecule is Cc1sc2ncnc(NC(C)C(=O)Nc3ccccc3)c2c1C. The fraction of sp³-hybridized carbons (Fsp3) is 0.235. The lowest BCUT2D eigenvalue weighted by molar-refractivity contribution is -0.116. The second-order valence-corrected chi connectivity index (χ2v) is 6.61. The molecule has 1 atom stereocenters. The van der Waals surface area contributed by atoms with Crippen molar-refractivity contribution in [2.24, 2.45) is 0 Å². The quantitative estimate of drug-likeness (QED) is 0.766. The van der Waals surface area contributed by atoms with E-state index in [-0.39, 0.29) is 5.91 Å². The Bertz CT molecular complexity index is 844. The third-order valence-corrected chi connectivity index (χ3v) is 4.87. The van der Waals surface area contributed by atoms with E-state index in [1.165, 1.54) is 11.2 Å². The molecule has 1 unspecified atom stereocenters. The van der Waals surface area contributed by atoms with Crippen LogP contribution in [0.3, 0.4) is 0 Å². The first-order chi connectivity index (χ1) is 11.1. The molecule has 6 heteroatoms. The maximum absolute atomic E-state index is 12.3. The number of nitrogens with one attached hydrogen (secondary N) is 2. The molecule has 0 aliphatic carbocycles. The van der Waals surface area contributed by atoms with Crippen LogP contribution < -0.4 is 10.6 Å². The predicted molar refractivity (Wildman–Crippen MR) is 95.0 cm³/mol. The number of nitrogens with zero attached hydrogens (tertiary/aromatic N) is 2. The molecule has 0 aliphatic heterocycles. The lowest BCUT2D eigenvalue weighted by Gasteiger charge is -2.15. The molecular weight excluding hydrogens is 308 g/mol. The van der Waals surface area contributed by atoms with Gasteiger partial charge in [-0.25, -0.2) is 9.97 Å². The molecule has 0 spiro atoms. The molecule has 0 radical (unpaired) electrons. The summed E-state index contributed by atoms with van der Waals surface area (Å²) in [5.41, 5.74) is 1.94. The summed E-state index contributed by atoms with van der Waals surface area (Å²) in [4.78, 5) is 23.1. The van der Waals surface area contributed by atoms with Crippen LogP contribution >= 0.6 is 11.3 Å². The van der Waals surface area contributed by atoms with E-state index >= 15 is 0 Å². The van der Waals surface area contributed by atoms with E-state index in [4.69, 9.17) is 0 Å². The van der Waals surface area contributed by atoms with Crippen molar-refractivity contribution in [2.75, 3.05) is 10.6 Å². The van der Waals surface area contributed by atoms with Gasteiger partial charge in [0.25, 0.3) is 0 Å². The van der Waals surface area contributed by atoms with Crippen molar-refractivity contribution in [1.29, 1.82) is 0 Å². The van der Waals surface area contributed by atoms with Crippen molar-refractivity contribution < 1.29 is 4.79 Å². The minimum atomic E-state index is -0.409. The normalized spacial score (nSPS) is 12.1. The second-order valence-electron chi connectivity index (χ2n) is 5.41. The maximum atomic E-state index is 12.3. The van der Waals surface area contributed by atoms with Gasteiger partial charge in [-0.1, -0.05) is 18.2 Å². The van der Waals surface area contributed by atoms with E-state index < -0.39 is 6.04 Å². The van der Waals surface area contributed by atoms with Crippen LogP contribution in [0, 0.1) is 13.8 Å². The lowest BCUT2D eigenvalue weighted by atomic mass is 10.2. The summed E-state index contributed by atoms with van der Waals surface area (Å²) in [5, 5.41) is 7.08. The van der Waals surface area contributed by atoms with Gasteiger partial charge in [-0.3, -0.25) is 4.79 Å². The minimum Gasteiger partial charge on any atom is -0.358 e. The molecule has 0 bridgehead atoms. The van der Waals surface area contributed by atoms with Crippen LogP contribution in [0.25, 0.3) is 10.2 Å². The fourth-order valence-electron chi connectivity index (χ4n) is 2.33. The molecule has 2 N–H and O–H groups in total. The average Bonchev–Trinajstić information content (AvgIpc) is 2.84. The molecule has 1 amide bonds. The summed E-state index contributed by atoms with van der Waals surface area (Å²) in [7, 11) is 0. The number of aromatic nitrogens is 2. The van der Waals surface area contributed by atoms with Crippen molar-refractivity contribution in [1.82, 2.24) is 9.97 Å². The predicted octanol–water partition coefficient (Wildman–Crippen LogP) is 3.75. The Kier molecular flexibility index (Phi) is 4.25. The Morgan fingerprint density at radius 1 is 1.17 bits per heavy atom. The summed E-state index contributed by atoms with van der Waals surface area (Å²) in [6.07, 6.45) is 1.53. The molecule has 3 rings (SSSR count). The number of hydrogen-bond acceptors (Lipinski definition) is 5. The average molecular weight is 326 g/mol. The highest BCUT2D eigenvalue weighted by Gasteiger charge is 2.17. The zero-order valence-electron chi connectivity index (χ0n) is 13.3. The molecule has 5 nitrogen and oxygen atoms in total. The van der Waals surface area contributed by atoms with Gasteiger partial charge in [-0.2, -0.15) is 0 Å². The minimum absolute atomic E-state index is 0.104. The fourth-order valence-corrected chi connectivity index (χ4v) is 3.33. The van der Waals surface area contributed by atoms with Gasteiger partial charge in [0.05, 0.1) is 5.39 Å². The van der Waals surface area contributed by atoms with Crippen LogP contribution in [0.2, 0.25) is 0 Å². The summed E-state index contributed by atoms with van der Waals surface area (Å²) in [5.74, 6) is 0.597. The molecule has 0 saturated carbocycles. The molecule has 23 heavy (non-hydrogen) atoms. The van der Waals surface area contributed by atoms with Crippen LogP contribution in [0.15, 0.2) is 36.7 Å². The smallest absolute Gasteiger partial charge is 0.246 e. The van der Waals surface area contributed by atoms with Gasteiger partial charge in [0.2, 0.25) is 5.91 Å². The van der Waals surface area contributed by atoms with Gasteiger partial charge in [-0.05, 0) is 38.5 Å². The highest BCUT2D eigenvalue weighted by molar-refractivity contribution is 7.18. The molecule has 118 valence electrons. The Labute approximate surface area is 138 Å². The first-order valence-electron chi connectivity index (χ1n) is 7.39. The Hall–Kier alpha value is -2.47. The summed E-state index contributed by atoms with van der Waals surface area (Å²) in [6, 6.07) is 9.00. The van der Waals surface area contributed by atoms with Gasteiger partial charge in [0.15, 0.2) is 0 Å². The first kappa shape index (κ1) is 15.4. The maximum Gasteiger partial charge on any atom is 0.246 e. The number of para-hydroxylation sites is 1. The number of aryl methyl sites for hydroxylation is 2.